The highest BCUT2D eigenvalue weighted by atomic mass is 16.8. The maximum atomic E-state index is 12.7. The standard InChI is InChI=1S/C58H96O25/c1-24-34(63)39(68)42(71)48(76-24)81-44-37(66)27(20-60)78-51(46(44)83-47-41(70)35(64)25(61)21-73-47)79-28-22-74-50(45(38(28)67)82-49-43(72)40(69)36(65)26(19-59)77-49)80-33-11-12-54(6)29(53(33,4)5)9-13-55(7)30(54)10-14-58-31-17-52(2,3)15-16-57(31,23-75-58)32(62)18-56(55,58)8/h24-51,59-72H,9-23H2,1-8H3/t24?,25-,26?,27?,28+,29+,30-,31-,32-,33+,34+,35-,36-,37-,38-,39+,40-,41+,42+,43+,44-,45+,46+,47?,48?,49?,50?,51?,54+,55-,56+,57-,58+/m1/s1. The Balaban J connectivity index is 0.866. The van der Waals surface area contributed by atoms with Crippen LogP contribution in [0.25, 0.3) is 0 Å². The second-order valence-electron chi connectivity index (χ2n) is 29.0. The van der Waals surface area contributed by atoms with Crippen molar-refractivity contribution >= 4 is 0 Å². The Hall–Kier alpha value is -1.00. The molecule has 5 saturated carbocycles. The Labute approximate surface area is 484 Å². The third-order valence-corrected chi connectivity index (χ3v) is 23.9. The third-order valence-electron chi connectivity index (χ3n) is 23.9. The SMILES string of the molecule is CC1OC(O[C@@H]2[C@H](O)C(CO)OC(O[C@H]3COC(O[C@H]4CC[C@]5(C)[C@H]6CC[C@]78OC[C@@]9(CCC(C)(C)C[C@H]97)[C@H](O)C[C@@]8(C)[C@]6(C)CC[C@H]5C4(C)C)[C@@H](OC4OC(CO)[C@@H](O)[C@@H](O)[C@@H]4O)[C@@H]3O)[C@H]2OC2OC[C@@H](O)[C@@H](O)[C@@H]2O)[C@@H](O)[C@@H](O)[C@H]1O. The van der Waals surface area contributed by atoms with Crippen LogP contribution in [-0.2, 0) is 52.1 Å². The van der Waals surface area contributed by atoms with Gasteiger partial charge >= 0.3 is 0 Å². The summed E-state index contributed by atoms with van der Waals surface area (Å²) in [6.45, 7) is 15.8. The minimum Gasteiger partial charge on any atom is -0.394 e. The van der Waals surface area contributed by atoms with E-state index < -0.39 is 185 Å². The fraction of sp³-hybridized carbons (Fsp3) is 1.00. The molecular weight excluding hydrogens is 1100 g/mol. The lowest BCUT2D eigenvalue weighted by molar-refractivity contribution is -0.404. The van der Waals surface area contributed by atoms with Crippen LogP contribution < -0.4 is 0 Å². The van der Waals surface area contributed by atoms with Gasteiger partial charge in [-0.25, -0.2) is 0 Å². The van der Waals surface area contributed by atoms with Crippen LogP contribution in [0.3, 0.4) is 0 Å². The zero-order chi connectivity index (χ0) is 60.1. The van der Waals surface area contributed by atoms with E-state index in [4.69, 9.17) is 52.1 Å². The van der Waals surface area contributed by atoms with Crippen molar-refractivity contribution in [1.29, 1.82) is 0 Å². The quantitative estimate of drug-likeness (QED) is 0.0921. The van der Waals surface area contributed by atoms with E-state index in [1.807, 2.05) is 0 Å². The van der Waals surface area contributed by atoms with Crippen molar-refractivity contribution in [3.05, 3.63) is 0 Å². The number of rotatable bonds is 12. The van der Waals surface area contributed by atoms with Gasteiger partial charge in [0.05, 0.1) is 56.9 Å². The lowest BCUT2D eigenvalue weighted by atomic mass is 9.30. The van der Waals surface area contributed by atoms with Crippen molar-refractivity contribution in [3.63, 3.8) is 0 Å². The van der Waals surface area contributed by atoms with Crippen molar-refractivity contribution < 1.29 is 124 Å². The number of aliphatic hydroxyl groups is 14. The molecule has 33 atom stereocenters. The van der Waals surface area contributed by atoms with E-state index in [-0.39, 0.29) is 50.4 Å². The van der Waals surface area contributed by atoms with E-state index in [1.54, 1.807) is 0 Å². The first-order valence-electron chi connectivity index (χ1n) is 30.4. The van der Waals surface area contributed by atoms with Crippen LogP contribution in [0, 0.1) is 50.2 Å². The molecule has 0 aromatic carbocycles. The fourth-order valence-electron chi connectivity index (χ4n) is 18.8. The van der Waals surface area contributed by atoms with Gasteiger partial charge in [-0.2, -0.15) is 0 Å². The summed E-state index contributed by atoms with van der Waals surface area (Å²) in [4.78, 5) is 0. The topological polar surface area (TPSA) is 385 Å². The second-order valence-corrected chi connectivity index (χ2v) is 29.0. The molecule has 2 bridgehead atoms. The number of aliphatic hydroxyl groups excluding tert-OH is 14. The Kier molecular flexibility index (Phi) is 17.4. The van der Waals surface area contributed by atoms with Gasteiger partial charge in [0.25, 0.3) is 0 Å². The number of ether oxygens (including phenoxy) is 11. The lowest BCUT2D eigenvalue weighted by Gasteiger charge is -2.75. The first-order valence-corrected chi connectivity index (χ1v) is 30.4. The smallest absolute Gasteiger partial charge is 0.187 e. The van der Waals surface area contributed by atoms with Crippen molar-refractivity contribution in [3.8, 4) is 0 Å². The molecule has 5 aliphatic carbocycles. The summed E-state index contributed by atoms with van der Waals surface area (Å²) in [6.07, 6.45) is -31.5. The van der Waals surface area contributed by atoms with Gasteiger partial charge in [-0.3, -0.25) is 0 Å². The number of fused-ring (bicyclic) bond motifs is 4. The molecule has 14 N–H and O–H groups in total. The molecule has 0 amide bonds. The zero-order valence-corrected chi connectivity index (χ0v) is 49.0. The van der Waals surface area contributed by atoms with Gasteiger partial charge in [0.15, 0.2) is 31.5 Å². The van der Waals surface area contributed by atoms with Crippen LogP contribution in [0.1, 0.15) is 120 Å². The third kappa shape index (κ3) is 9.99. The van der Waals surface area contributed by atoms with Gasteiger partial charge in [-0.1, -0.05) is 48.5 Å². The first-order chi connectivity index (χ1) is 38.9. The highest BCUT2D eigenvalue weighted by Gasteiger charge is 2.80. The highest BCUT2D eigenvalue weighted by Crippen LogP contribution is 2.80. The minimum atomic E-state index is -1.93. The molecule has 478 valence electrons. The zero-order valence-electron chi connectivity index (χ0n) is 49.0. The summed E-state index contributed by atoms with van der Waals surface area (Å²) >= 11 is 0. The summed E-state index contributed by atoms with van der Waals surface area (Å²) in [6, 6.07) is 0. The predicted molar refractivity (Wildman–Crippen MR) is 281 cm³/mol. The molecular formula is C58H96O25. The van der Waals surface area contributed by atoms with Crippen LogP contribution in [0.4, 0.5) is 0 Å². The average molecular weight is 1190 g/mol. The van der Waals surface area contributed by atoms with E-state index in [0.29, 0.717) is 19.4 Å². The van der Waals surface area contributed by atoms with Gasteiger partial charge in [-0.15, -0.1) is 0 Å². The van der Waals surface area contributed by atoms with E-state index >= 15 is 0 Å². The summed E-state index contributed by atoms with van der Waals surface area (Å²) < 4.78 is 69.1. The van der Waals surface area contributed by atoms with Crippen molar-refractivity contribution in [1.82, 2.24) is 0 Å². The Morgan fingerprint density at radius 3 is 1.77 bits per heavy atom. The molecule has 25 nitrogen and oxygen atoms in total. The largest absolute Gasteiger partial charge is 0.394 e. The van der Waals surface area contributed by atoms with Crippen LogP contribution in [0.15, 0.2) is 0 Å². The molecule has 25 heteroatoms. The maximum absolute atomic E-state index is 12.7. The predicted octanol–water partition coefficient (Wildman–Crippen LogP) is -2.22. The molecule has 11 rings (SSSR count). The Bertz CT molecular complexity index is 2270. The van der Waals surface area contributed by atoms with E-state index in [1.165, 1.54) is 6.92 Å². The Morgan fingerprint density at radius 1 is 0.470 bits per heavy atom. The van der Waals surface area contributed by atoms with Crippen molar-refractivity contribution in [2.24, 2.45) is 50.2 Å². The molecule has 0 radical (unpaired) electrons. The molecule has 6 heterocycles. The molecule has 11 fully saturated rings. The molecule has 6 aliphatic heterocycles. The maximum Gasteiger partial charge on any atom is 0.187 e. The molecule has 0 aromatic rings. The monoisotopic (exact) mass is 1190 g/mol. The van der Waals surface area contributed by atoms with Gasteiger partial charge in [0.2, 0.25) is 0 Å². The fourth-order valence-corrected chi connectivity index (χ4v) is 18.8. The second kappa shape index (κ2) is 22.7. The van der Waals surface area contributed by atoms with Crippen LogP contribution in [0.5, 0.6) is 0 Å². The van der Waals surface area contributed by atoms with Crippen LogP contribution >= 0.6 is 0 Å². The van der Waals surface area contributed by atoms with Gasteiger partial charge in [0.1, 0.15) is 104 Å². The Morgan fingerprint density at radius 2 is 1.07 bits per heavy atom. The normalized spacial score (nSPS) is 57.6. The summed E-state index contributed by atoms with van der Waals surface area (Å²) in [5, 5.41) is 155. The van der Waals surface area contributed by atoms with Gasteiger partial charge in [0, 0.05) is 10.8 Å². The van der Waals surface area contributed by atoms with Gasteiger partial charge < -0.3 is 124 Å². The summed E-state index contributed by atoms with van der Waals surface area (Å²) in [5.74, 6) is 0.690. The van der Waals surface area contributed by atoms with Crippen molar-refractivity contribution in [2.75, 3.05) is 33.0 Å². The first kappa shape index (κ1) is 63.6. The molecule has 6 saturated heterocycles. The molecule has 1 spiro atoms. The van der Waals surface area contributed by atoms with Crippen molar-refractivity contribution in [2.45, 2.75) is 279 Å². The molecule has 83 heavy (non-hydrogen) atoms. The van der Waals surface area contributed by atoms with E-state index in [2.05, 4.69) is 48.5 Å². The minimum absolute atomic E-state index is 0.127. The number of hydrogen-bond donors (Lipinski definition) is 14. The molecule has 8 unspecified atom stereocenters. The molecule has 0 aromatic heterocycles. The lowest BCUT2D eigenvalue weighted by Crippen LogP contribution is -2.74. The molecule has 11 aliphatic rings. The van der Waals surface area contributed by atoms with E-state index in [0.717, 1.165) is 51.4 Å². The van der Waals surface area contributed by atoms with Gasteiger partial charge in [-0.05, 0) is 111 Å². The van der Waals surface area contributed by atoms with Crippen LogP contribution in [-0.4, -0.2) is 264 Å². The summed E-state index contributed by atoms with van der Waals surface area (Å²) in [5.41, 5.74) is -1.55. The highest BCUT2D eigenvalue weighted by molar-refractivity contribution is 5.28. The number of hydrogen-bond acceptors (Lipinski definition) is 25. The summed E-state index contributed by atoms with van der Waals surface area (Å²) in [7, 11) is 0. The van der Waals surface area contributed by atoms with Crippen LogP contribution in [0.2, 0.25) is 0 Å². The average Bonchev–Trinajstić information content (AvgIpc) is 2.00. The van der Waals surface area contributed by atoms with E-state index in [9.17, 15) is 71.5 Å².